The Labute approximate surface area is 190 Å². The minimum atomic E-state index is -1.09. The number of hydrogen-bond acceptors (Lipinski definition) is 3. The second-order valence-corrected chi connectivity index (χ2v) is 8.34. The van der Waals surface area contributed by atoms with Crippen LogP contribution in [-0.4, -0.2) is 42.9 Å². The fraction of sp³-hybridized carbons (Fsp3) is 0.500. The lowest BCUT2D eigenvalue weighted by Crippen LogP contribution is -2.45. The van der Waals surface area contributed by atoms with Gasteiger partial charge in [-0.05, 0) is 41.8 Å². The number of morpholine rings is 1. The van der Waals surface area contributed by atoms with E-state index in [0.717, 1.165) is 43.5 Å². The molecule has 1 fully saturated rings. The number of ether oxygens (including phenoxy) is 1. The molecule has 166 valence electrons. The Bertz CT molecular complexity index is 751. The fourth-order valence-corrected chi connectivity index (χ4v) is 4.30. The average molecular weight is 456 g/mol. The summed E-state index contributed by atoms with van der Waals surface area (Å²) in [5.41, 5.74) is 0.724. The molecule has 2 aromatic rings. The monoisotopic (exact) mass is 455 g/mol. The van der Waals surface area contributed by atoms with Gasteiger partial charge in [0.2, 0.25) is 0 Å². The first kappa shape index (κ1) is 25.1. The average Bonchev–Trinajstić information content (AvgIpc) is 2.74. The predicted octanol–water partition coefficient (Wildman–Crippen LogP) is 5.78. The van der Waals surface area contributed by atoms with Crippen molar-refractivity contribution in [2.45, 2.75) is 44.1 Å². The SMILES string of the molecule is CCCCCC(O)(c1ccc(F)cc1)C(CN1CCOCC1)c1ccc(Cl)cc1.Cl. The van der Waals surface area contributed by atoms with Gasteiger partial charge in [0.1, 0.15) is 5.82 Å². The number of halogens is 3. The molecule has 2 aromatic carbocycles. The van der Waals surface area contributed by atoms with Crippen LogP contribution in [0.4, 0.5) is 4.39 Å². The van der Waals surface area contributed by atoms with E-state index in [1.165, 1.54) is 12.1 Å². The number of aliphatic hydroxyl groups is 1. The standard InChI is InChI=1S/C24H31ClFNO2.ClH/c1-2-3-4-13-24(28,20-7-11-22(26)12-8-20)23(18-27-14-16-29-17-15-27)19-5-9-21(25)10-6-19;/h5-12,23,28H,2-4,13-18H2,1H3;1H. The second-order valence-electron chi connectivity index (χ2n) is 7.91. The Hall–Kier alpha value is -1.17. The zero-order valence-electron chi connectivity index (χ0n) is 17.5. The first-order valence-electron chi connectivity index (χ1n) is 10.6. The van der Waals surface area contributed by atoms with Gasteiger partial charge in [0.25, 0.3) is 0 Å². The van der Waals surface area contributed by atoms with Crippen molar-refractivity contribution in [2.24, 2.45) is 0 Å². The molecule has 6 heteroatoms. The summed E-state index contributed by atoms with van der Waals surface area (Å²) in [4.78, 5) is 2.34. The second kappa shape index (κ2) is 12.0. The molecule has 3 rings (SSSR count). The Balaban J connectivity index is 0.00000320. The van der Waals surface area contributed by atoms with E-state index in [0.29, 0.717) is 31.2 Å². The van der Waals surface area contributed by atoms with Gasteiger partial charge in [-0.2, -0.15) is 0 Å². The van der Waals surface area contributed by atoms with Crippen LogP contribution < -0.4 is 0 Å². The van der Waals surface area contributed by atoms with Gasteiger partial charge in [0.15, 0.2) is 0 Å². The van der Waals surface area contributed by atoms with Crippen LogP contribution in [0.2, 0.25) is 5.02 Å². The summed E-state index contributed by atoms with van der Waals surface area (Å²) < 4.78 is 19.1. The minimum Gasteiger partial charge on any atom is -0.384 e. The lowest BCUT2D eigenvalue weighted by Gasteiger charge is -2.41. The van der Waals surface area contributed by atoms with Gasteiger partial charge in [-0.25, -0.2) is 4.39 Å². The molecule has 2 atom stereocenters. The summed E-state index contributed by atoms with van der Waals surface area (Å²) >= 11 is 6.13. The van der Waals surface area contributed by atoms with Crippen molar-refractivity contribution in [1.29, 1.82) is 0 Å². The van der Waals surface area contributed by atoms with E-state index in [1.54, 1.807) is 12.1 Å². The summed E-state index contributed by atoms with van der Waals surface area (Å²) in [5, 5.41) is 12.8. The number of unbranched alkanes of at least 4 members (excludes halogenated alkanes) is 2. The molecular formula is C24H32Cl2FNO2. The predicted molar refractivity (Wildman–Crippen MR) is 123 cm³/mol. The molecule has 1 aliphatic rings. The molecular weight excluding hydrogens is 424 g/mol. The van der Waals surface area contributed by atoms with Crippen LogP contribution in [0.3, 0.4) is 0 Å². The highest BCUT2D eigenvalue weighted by atomic mass is 35.5. The van der Waals surface area contributed by atoms with Gasteiger partial charge in [0.05, 0.1) is 18.8 Å². The third-order valence-electron chi connectivity index (χ3n) is 5.90. The maximum Gasteiger partial charge on any atom is 0.123 e. The number of nitrogens with zero attached hydrogens (tertiary/aromatic N) is 1. The van der Waals surface area contributed by atoms with Crippen LogP contribution in [-0.2, 0) is 10.3 Å². The Morgan fingerprint density at radius 2 is 1.70 bits per heavy atom. The van der Waals surface area contributed by atoms with Crippen molar-refractivity contribution in [3.8, 4) is 0 Å². The molecule has 1 aliphatic heterocycles. The molecule has 0 aromatic heterocycles. The van der Waals surface area contributed by atoms with E-state index in [4.69, 9.17) is 16.3 Å². The van der Waals surface area contributed by atoms with E-state index >= 15 is 0 Å². The minimum absolute atomic E-state index is 0. The molecule has 1 saturated heterocycles. The molecule has 0 saturated carbocycles. The maximum absolute atomic E-state index is 13.6. The molecule has 0 bridgehead atoms. The maximum atomic E-state index is 13.6. The zero-order chi connectivity index (χ0) is 20.7. The first-order valence-corrected chi connectivity index (χ1v) is 10.9. The topological polar surface area (TPSA) is 32.7 Å². The number of benzene rings is 2. The number of rotatable bonds is 9. The zero-order valence-corrected chi connectivity index (χ0v) is 19.1. The summed E-state index contributed by atoms with van der Waals surface area (Å²) in [6.07, 6.45) is 3.67. The largest absolute Gasteiger partial charge is 0.384 e. The molecule has 3 nitrogen and oxygen atoms in total. The Morgan fingerprint density at radius 3 is 2.30 bits per heavy atom. The molecule has 0 spiro atoms. The molecule has 2 unspecified atom stereocenters. The smallest absolute Gasteiger partial charge is 0.123 e. The summed E-state index contributed by atoms with van der Waals surface area (Å²) in [5.74, 6) is -0.443. The van der Waals surface area contributed by atoms with E-state index in [1.807, 2.05) is 24.3 Å². The van der Waals surface area contributed by atoms with Crippen molar-refractivity contribution < 1.29 is 14.2 Å². The number of hydrogen-bond donors (Lipinski definition) is 1. The van der Waals surface area contributed by atoms with Gasteiger partial charge >= 0.3 is 0 Å². The van der Waals surface area contributed by atoms with Crippen LogP contribution in [0.1, 0.15) is 49.7 Å². The van der Waals surface area contributed by atoms with Crippen molar-refractivity contribution in [2.75, 3.05) is 32.8 Å². The van der Waals surface area contributed by atoms with E-state index in [9.17, 15) is 9.50 Å². The quantitative estimate of drug-likeness (QED) is 0.486. The van der Waals surface area contributed by atoms with Gasteiger partial charge < -0.3 is 9.84 Å². The van der Waals surface area contributed by atoms with Gasteiger partial charge in [-0.15, -0.1) is 12.4 Å². The highest BCUT2D eigenvalue weighted by molar-refractivity contribution is 6.30. The highest BCUT2D eigenvalue weighted by Gasteiger charge is 2.40. The van der Waals surface area contributed by atoms with Crippen LogP contribution >= 0.6 is 24.0 Å². The van der Waals surface area contributed by atoms with Gasteiger partial charge in [-0.1, -0.05) is 62.1 Å². The van der Waals surface area contributed by atoms with Crippen molar-refractivity contribution in [3.63, 3.8) is 0 Å². The van der Waals surface area contributed by atoms with Crippen LogP contribution in [0.15, 0.2) is 48.5 Å². The molecule has 0 radical (unpaired) electrons. The van der Waals surface area contributed by atoms with Crippen LogP contribution in [0, 0.1) is 5.82 Å². The summed E-state index contributed by atoms with van der Waals surface area (Å²) in [7, 11) is 0. The summed E-state index contributed by atoms with van der Waals surface area (Å²) in [6, 6.07) is 14.1. The first-order chi connectivity index (χ1) is 14.0. The lowest BCUT2D eigenvalue weighted by molar-refractivity contribution is -0.0296. The highest BCUT2D eigenvalue weighted by Crippen LogP contribution is 2.42. The molecule has 0 aliphatic carbocycles. The van der Waals surface area contributed by atoms with Crippen LogP contribution in [0.5, 0.6) is 0 Å². The normalized spacial score (nSPS) is 17.7. The van der Waals surface area contributed by atoms with Crippen molar-refractivity contribution in [3.05, 3.63) is 70.5 Å². The van der Waals surface area contributed by atoms with Crippen molar-refractivity contribution >= 4 is 24.0 Å². The molecule has 0 amide bonds. The third-order valence-corrected chi connectivity index (χ3v) is 6.15. The molecule has 1 heterocycles. The van der Waals surface area contributed by atoms with Crippen LogP contribution in [0.25, 0.3) is 0 Å². The molecule has 1 N–H and O–H groups in total. The van der Waals surface area contributed by atoms with E-state index < -0.39 is 5.60 Å². The fourth-order valence-electron chi connectivity index (χ4n) is 4.17. The van der Waals surface area contributed by atoms with Crippen molar-refractivity contribution in [1.82, 2.24) is 4.90 Å². The molecule has 30 heavy (non-hydrogen) atoms. The van der Waals surface area contributed by atoms with E-state index in [-0.39, 0.29) is 24.1 Å². The Morgan fingerprint density at radius 1 is 1.07 bits per heavy atom. The third kappa shape index (κ3) is 6.41. The van der Waals surface area contributed by atoms with E-state index in [2.05, 4.69) is 11.8 Å². The van der Waals surface area contributed by atoms with Gasteiger partial charge in [-0.3, -0.25) is 4.90 Å². The lowest BCUT2D eigenvalue weighted by atomic mass is 9.74. The summed E-state index contributed by atoms with van der Waals surface area (Å²) in [6.45, 7) is 5.97. The Kier molecular flexibility index (Phi) is 10.1. The van der Waals surface area contributed by atoms with Gasteiger partial charge in [0, 0.05) is 30.6 Å².